The molecule has 0 spiro atoms. The summed E-state index contributed by atoms with van der Waals surface area (Å²) in [5, 5.41) is 2.50. The Morgan fingerprint density at radius 3 is 2.41 bits per heavy atom. The highest BCUT2D eigenvalue weighted by Gasteiger charge is 2.46. The van der Waals surface area contributed by atoms with Crippen molar-refractivity contribution in [3.63, 3.8) is 0 Å². The highest BCUT2D eigenvalue weighted by atomic mass is 19.4. The molecule has 0 fully saturated rings. The summed E-state index contributed by atoms with van der Waals surface area (Å²) in [6.07, 6.45) is 4.29. The number of nitrogens with zero attached hydrogens (tertiary/aromatic N) is 2. The summed E-state index contributed by atoms with van der Waals surface area (Å²) in [7, 11) is 0. The van der Waals surface area contributed by atoms with E-state index in [-0.39, 0.29) is 5.41 Å². The minimum Gasteiger partial charge on any atom is -0.344 e. The molecule has 3 aromatic rings. The van der Waals surface area contributed by atoms with Gasteiger partial charge in [-0.2, -0.15) is 17.7 Å². The van der Waals surface area contributed by atoms with Gasteiger partial charge in [0.05, 0.1) is 11.0 Å². The number of hydrogen-bond acceptors (Lipinski definition) is 1. The maximum absolute atomic E-state index is 13.6. The summed E-state index contributed by atoms with van der Waals surface area (Å²) in [6, 6.07) is 17.0. The van der Waals surface area contributed by atoms with Crippen molar-refractivity contribution in [3.05, 3.63) is 108 Å². The van der Waals surface area contributed by atoms with Crippen LogP contribution in [-0.4, -0.2) is 23.4 Å². The molecule has 202 valence electrons. The van der Waals surface area contributed by atoms with Crippen molar-refractivity contribution in [3.8, 4) is 0 Å². The summed E-state index contributed by atoms with van der Waals surface area (Å²) in [4.78, 5) is 2.13. The molecule has 0 N–H and O–H groups in total. The van der Waals surface area contributed by atoms with E-state index in [0.717, 1.165) is 17.9 Å². The molecule has 0 amide bonds. The van der Waals surface area contributed by atoms with Crippen molar-refractivity contribution >= 4 is 27.9 Å². The van der Waals surface area contributed by atoms with Crippen molar-refractivity contribution in [2.45, 2.75) is 58.0 Å². The van der Waals surface area contributed by atoms with Crippen LogP contribution < -0.4 is 4.90 Å². The van der Waals surface area contributed by atoms with E-state index >= 15 is 0 Å². The zero-order valence-corrected chi connectivity index (χ0v) is 23.4. The summed E-state index contributed by atoms with van der Waals surface area (Å²) in [5.74, 6) is 0. The SMILES string of the molecule is C=CCC1(C)C(=CC=CC2=[N+](CC)c3ccc4ccccc4c3C2(C)C)N(CC)c2ccc(C(F)(F)F)cc21. The topological polar surface area (TPSA) is 6.25 Å². The molecule has 2 aliphatic heterocycles. The van der Waals surface area contributed by atoms with Gasteiger partial charge in [0.25, 0.3) is 0 Å². The van der Waals surface area contributed by atoms with E-state index in [1.54, 1.807) is 12.1 Å². The van der Waals surface area contributed by atoms with Crippen LogP contribution in [0.25, 0.3) is 10.8 Å². The van der Waals surface area contributed by atoms with E-state index in [0.29, 0.717) is 18.5 Å². The standard InChI is InChI=1S/C34H36F3N2/c1-7-21-33(6)26-22-24(34(35,36)37)18-20-27(26)38(8-2)30(33)16-12-15-29-32(4,5)31-25-14-11-10-13-23(25)17-19-28(31)39(29)9-3/h7,10-20,22H,1,8-9,21H2,2-6H3/q+1. The van der Waals surface area contributed by atoms with Crippen LogP contribution in [0, 0.1) is 0 Å². The van der Waals surface area contributed by atoms with Crippen molar-refractivity contribution in [2.75, 3.05) is 18.0 Å². The van der Waals surface area contributed by atoms with Gasteiger partial charge in [-0.3, -0.25) is 0 Å². The predicted molar refractivity (Wildman–Crippen MR) is 156 cm³/mol. The highest BCUT2D eigenvalue weighted by Crippen LogP contribution is 2.51. The van der Waals surface area contributed by atoms with Gasteiger partial charge in [-0.15, -0.1) is 6.58 Å². The molecule has 5 heteroatoms. The van der Waals surface area contributed by atoms with Gasteiger partial charge in [0.1, 0.15) is 6.54 Å². The molecule has 2 heterocycles. The Hall–Kier alpha value is -3.60. The second-order valence-electron chi connectivity index (χ2n) is 11.1. The molecular formula is C34H36F3N2+. The van der Waals surface area contributed by atoms with Gasteiger partial charge in [-0.05, 0) is 87.7 Å². The molecule has 5 rings (SSSR count). The van der Waals surface area contributed by atoms with Crippen LogP contribution in [0.4, 0.5) is 24.5 Å². The quantitative estimate of drug-likeness (QED) is 0.228. The third-order valence-corrected chi connectivity index (χ3v) is 8.51. The van der Waals surface area contributed by atoms with Crippen LogP contribution in [0.15, 0.2) is 91.2 Å². The van der Waals surface area contributed by atoms with E-state index in [2.05, 4.69) is 91.5 Å². The number of fused-ring (bicyclic) bond motifs is 4. The third-order valence-electron chi connectivity index (χ3n) is 8.51. The maximum atomic E-state index is 13.6. The molecule has 2 nitrogen and oxygen atoms in total. The first kappa shape index (κ1) is 27.0. The summed E-state index contributed by atoms with van der Waals surface area (Å²) >= 11 is 0. The minimum atomic E-state index is -4.39. The molecular weight excluding hydrogens is 493 g/mol. The number of likely N-dealkylation sites (N-methyl/N-ethyl adjacent to an activating group) is 1. The van der Waals surface area contributed by atoms with Crippen molar-refractivity contribution < 1.29 is 17.7 Å². The number of allylic oxidation sites excluding steroid dienone is 5. The molecule has 1 atom stereocenters. The van der Waals surface area contributed by atoms with Crippen LogP contribution in [-0.2, 0) is 17.0 Å². The lowest BCUT2D eigenvalue weighted by atomic mass is 9.77. The van der Waals surface area contributed by atoms with Crippen LogP contribution in [0.2, 0.25) is 0 Å². The Balaban J connectivity index is 1.60. The number of benzene rings is 3. The first-order valence-corrected chi connectivity index (χ1v) is 13.6. The molecule has 1 unspecified atom stereocenters. The fraction of sp³-hybridized carbons (Fsp3) is 0.324. The van der Waals surface area contributed by atoms with Gasteiger partial charge >= 0.3 is 6.18 Å². The van der Waals surface area contributed by atoms with Gasteiger partial charge in [0, 0.05) is 41.1 Å². The maximum Gasteiger partial charge on any atom is 0.416 e. The lowest BCUT2D eigenvalue weighted by Crippen LogP contribution is -2.29. The normalized spacial score (nSPS) is 21.3. The summed E-state index contributed by atoms with van der Waals surface area (Å²) in [5.41, 5.74) is 4.83. The molecule has 39 heavy (non-hydrogen) atoms. The number of alkyl halides is 3. The largest absolute Gasteiger partial charge is 0.416 e. The fourth-order valence-electron chi connectivity index (χ4n) is 6.68. The Morgan fingerprint density at radius 2 is 1.74 bits per heavy atom. The van der Waals surface area contributed by atoms with E-state index in [1.807, 2.05) is 13.8 Å². The lowest BCUT2D eigenvalue weighted by Gasteiger charge is -2.29. The average Bonchev–Trinajstić information content (AvgIpc) is 3.27. The third kappa shape index (κ3) is 4.14. The molecule has 0 bridgehead atoms. The lowest BCUT2D eigenvalue weighted by molar-refractivity contribution is -0.433. The average molecular weight is 530 g/mol. The van der Waals surface area contributed by atoms with Crippen LogP contribution in [0.3, 0.4) is 0 Å². The van der Waals surface area contributed by atoms with Gasteiger partial charge in [-0.1, -0.05) is 36.4 Å². The minimum absolute atomic E-state index is 0.212. The molecule has 0 radical (unpaired) electrons. The second kappa shape index (κ2) is 9.55. The van der Waals surface area contributed by atoms with Crippen molar-refractivity contribution in [2.24, 2.45) is 0 Å². The Kier molecular flexibility index (Phi) is 6.61. The Bertz CT molecular complexity index is 1550. The van der Waals surface area contributed by atoms with Crippen LogP contribution in [0.5, 0.6) is 0 Å². The van der Waals surface area contributed by atoms with E-state index in [4.69, 9.17) is 0 Å². The molecule has 0 aliphatic carbocycles. The van der Waals surface area contributed by atoms with Gasteiger partial charge in [-0.25, -0.2) is 0 Å². The first-order chi connectivity index (χ1) is 18.5. The fourth-order valence-corrected chi connectivity index (χ4v) is 6.68. The zero-order chi connectivity index (χ0) is 28.2. The van der Waals surface area contributed by atoms with E-state index in [9.17, 15) is 13.2 Å². The van der Waals surface area contributed by atoms with Gasteiger partial charge < -0.3 is 4.90 Å². The summed E-state index contributed by atoms with van der Waals surface area (Å²) < 4.78 is 43.3. The molecule has 2 aliphatic rings. The smallest absolute Gasteiger partial charge is 0.344 e. The number of rotatable bonds is 6. The van der Waals surface area contributed by atoms with Crippen molar-refractivity contribution in [1.29, 1.82) is 0 Å². The Morgan fingerprint density at radius 1 is 1.00 bits per heavy atom. The zero-order valence-electron chi connectivity index (χ0n) is 23.4. The Labute approximate surface area is 229 Å². The molecule has 0 saturated heterocycles. The highest BCUT2D eigenvalue weighted by molar-refractivity contribution is 6.07. The monoisotopic (exact) mass is 529 g/mol. The molecule has 0 saturated carbocycles. The second-order valence-corrected chi connectivity index (χ2v) is 11.1. The van der Waals surface area contributed by atoms with Gasteiger partial charge in [0.2, 0.25) is 5.69 Å². The predicted octanol–water partition coefficient (Wildman–Crippen LogP) is 9.07. The summed E-state index contributed by atoms with van der Waals surface area (Å²) in [6.45, 7) is 16.2. The number of anilines is 1. The van der Waals surface area contributed by atoms with Gasteiger partial charge in [0.15, 0.2) is 5.71 Å². The number of hydrogen-bond donors (Lipinski definition) is 0. The number of halogens is 3. The molecule has 3 aromatic carbocycles. The van der Waals surface area contributed by atoms with Crippen LogP contribution >= 0.6 is 0 Å². The van der Waals surface area contributed by atoms with Crippen molar-refractivity contribution in [1.82, 2.24) is 0 Å². The van der Waals surface area contributed by atoms with E-state index in [1.165, 1.54) is 39.9 Å². The molecule has 0 aromatic heterocycles. The van der Waals surface area contributed by atoms with Crippen LogP contribution in [0.1, 0.15) is 57.7 Å². The first-order valence-electron chi connectivity index (χ1n) is 13.6. The van der Waals surface area contributed by atoms with E-state index < -0.39 is 17.2 Å².